The second kappa shape index (κ2) is 11.8. The van der Waals surface area contributed by atoms with Crippen LogP contribution in [-0.4, -0.2) is 24.5 Å². The Bertz CT molecular complexity index is 1250. The number of hydrogen-bond donors (Lipinski definition) is 0. The number of nitrogens with zero attached hydrogens (tertiary/aromatic N) is 1. The van der Waals surface area contributed by atoms with Crippen LogP contribution in [0.15, 0.2) is 127 Å². The van der Waals surface area contributed by atoms with Crippen LogP contribution >= 0.6 is 0 Å². The molecule has 0 unspecified atom stereocenters. The molecule has 0 bridgehead atoms. The normalized spacial score (nSPS) is 14.6. The van der Waals surface area contributed by atoms with Gasteiger partial charge in [-0.1, -0.05) is 115 Å². The topological polar surface area (TPSA) is 3.24 Å². The van der Waals surface area contributed by atoms with Gasteiger partial charge in [-0.15, -0.1) is 0 Å². The van der Waals surface area contributed by atoms with Crippen molar-refractivity contribution in [1.29, 1.82) is 0 Å². The third-order valence-electron chi connectivity index (χ3n) is 6.97. The molecular weight excluding hydrogens is 441 g/mol. The Labute approximate surface area is 214 Å². The third kappa shape index (κ3) is 5.90. The zero-order valence-corrected chi connectivity index (χ0v) is 20.6. The zero-order chi connectivity index (χ0) is 24.6. The fraction of sp³-hybridized carbons (Fsp3) is 0.176. The molecule has 36 heavy (non-hydrogen) atoms. The second-order valence-corrected chi connectivity index (χ2v) is 9.33. The molecule has 2 heteroatoms. The highest BCUT2D eigenvalue weighted by Crippen LogP contribution is 2.32. The van der Waals surface area contributed by atoms with E-state index in [9.17, 15) is 4.39 Å². The maximum Gasteiger partial charge on any atom is 0.123 e. The van der Waals surface area contributed by atoms with Gasteiger partial charge in [0.05, 0.1) is 0 Å². The molecule has 1 heterocycles. The predicted molar refractivity (Wildman–Crippen MR) is 149 cm³/mol. The van der Waals surface area contributed by atoms with Crippen molar-refractivity contribution < 1.29 is 4.39 Å². The molecule has 0 saturated carbocycles. The van der Waals surface area contributed by atoms with E-state index < -0.39 is 0 Å². The summed E-state index contributed by atoms with van der Waals surface area (Å²) in [7, 11) is 0. The van der Waals surface area contributed by atoms with Gasteiger partial charge in [0.1, 0.15) is 5.82 Å². The van der Waals surface area contributed by atoms with Crippen LogP contribution in [0.1, 0.15) is 41.5 Å². The average molecular weight is 474 g/mol. The number of benzene rings is 4. The smallest absolute Gasteiger partial charge is 0.123 e. The van der Waals surface area contributed by atoms with Crippen LogP contribution in [0.2, 0.25) is 0 Å². The van der Waals surface area contributed by atoms with Gasteiger partial charge in [-0.2, -0.15) is 0 Å². The molecule has 1 saturated heterocycles. The molecule has 4 aromatic carbocycles. The second-order valence-electron chi connectivity index (χ2n) is 9.33. The fourth-order valence-corrected chi connectivity index (χ4v) is 5.12. The first kappa shape index (κ1) is 24.0. The van der Waals surface area contributed by atoms with Crippen molar-refractivity contribution in [3.05, 3.63) is 155 Å². The summed E-state index contributed by atoms with van der Waals surface area (Å²) in [5.74, 6) is -0.200. The van der Waals surface area contributed by atoms with Gasteiger partial charge >= 0.3 is 0 Å². The molecule has 0 amide bonds. The summed E-state index contributed by atoms with van der Waals surface area (Å²) in [6, 6.07) is 38.9. The Morgan fingerprint density at radius 3 is 1.61 bits per heavy atom. The Balaban J connectivity index is 1.30. The molecule has 4 aromatic rings. The van der Waals surface area contributed by atoms with Crippen LogP contribution in [0.25, 0.3) is 11.1 Å². The summed E-state index contributed by atoms with van der Waals surface area (Å²) in [6.45, 7) is 3.17. The molecule has 0 aliphatic carbocycles. The van der Waals surface area contributed by atoms with E-state index in [-0.39, 0.29) is 5.82 Å². The van der Waals surface area contributed by atoms with Crippen molar-refractivity contribution in [2.24, 2.45) is 0 Å². The van der Waals surface area contributed by atoms with Crippen LogP contribution in [0.5, 0.6) is 0 Å². The van der Waals surface area contributed by atoms with Gasteiger partial charge in [0.2, 0.25) is 0 Å². The van der Waals surface area contributed by atoms with E-state index in [2.05, 4.69) is 95.9 Å². The lowest BCUT2D eigenvalue weighted by Crippen LogP contribution is -2.31. The molecule has 5 rings (SSSR count). The Hall–Kier alpha value is -3.75. The number of halogens is 1. The number of hydrogen-bond acceptors (Lipinski definition) is 1. The van der Waals surface area contributed by atoms with Crippen molar-refractivity contribution in [1.82, 2.24) is 4.90 Å². The van der Waals surface area contributed by atoms with Crippen molar-refractivity contribution >= 4 is 11.1 Å². The van der Waals surface area contributed by atoms with Gasteiger partial charge in [-0.3, -0.25) is 0 Å². The van der Waals surface area contributed by atoms with Gasteiger partial charge in [-0.05, 0) is 64.8 Å². The van der Waals surface area contributed by atoms with E-state index in [1.165, 1.54) is 27.8 Å². The number of likely N-dealkylation sites (tertiary alicyclic amines) is 1. The summed E-state index contributed by atoms with van der Waals surface area (Å²) in [4.78, 5) is 2.57. The summed E-state index contributed by atoms with van der Waals surface area (Å²) in [5.41, 5.74) is 8.96. The van der Waals surface area contributed by atoms with Crippen LogP contribution in [0.3, 0.4) is 0 Å². The highest BCUT2D eigenvalue weighted by atomic mass is 19.1. The van der Waals surface area contributed by atoms with Crippen LogP contribution in [0.4, 0.5) is 4.39 Å². The summed E-state index contributed by atoms with van der Waals surface area (Å²) in [5, 5.41) is 0. The fourth-order valence-electron chi connectivity index (χ4n) is 5.12. The first-order chi connectivity index (χ1) is 17.8. The summed E-state index contributed by atoms with van der Waals surface area (Å²) >= 11 is 0. The van der Waals surface area contributed by atoms with E-state index in [4.69, 9.17) is 0 Å². The van der Waals surface area contributed by atoms with Gasteiger partial charge < -0.3 is 4.90 Å². The maximum absolute atomic E-state index is 13.5. The Morgan fingerprint density at radius 2 is 1.08 bits per heavy atom. The average Bonchev–Trinajstić information content (AvgIpc) is 2.94. The molecule has 1 aliphatic heterocycles. The quantitative estimate of drug-likeness (QED) is 0.261. The SMILES string of the molecule is Fc1ccc(C(=CCCN2CCC(=C(c3ccccc3)c3ccccc3)CC2)c2ccccc2)cc1. The Morgan fingerprint density at radius 1 is 0.611 bits per heavy atom. The lowest BCUT2D eigenvalue weighted by Gasteiger charge is -2.30. The lowest BCUT2D eigenvalue weighted by atomic mass is 9.88. The molecule has 0 atom stereocenters. The number of piperidine rings is 1. The molecular formula is C34H32FN. The molecule has 1 nitrogen and oxygen atoms in total. The molecule has 0 spiro atoms. The van der Waals surface area contributed by atoms with E-state index in [0.29, 0.717) is 0 Å². The third-order valence-corrected chi connectivity index (χ3v) is 6.97. The van der Waals surface area contributed by atoms with E-state index in [0.717, 1.165) is 44.5 Å². The lowest BCUT2D eigenvalue weighted by molar-refractivity contribution is 0.262. The first-order valence-electron chi connectivity index (χ1n) is 12.8. The summed E-state index contributed by atoms with van der Waals surface area (Å²) < 4.78 is 13.5. The van der Waals surface area contributed by atoms with Gasteiger partial charge in [0, 0.05) is 19.6 Å². The van der Waals surface area contributed by atoms with Gasteiger partial charge in [-0.25, -0.2) is 4.39 Å². The molecule has 1 aliphatic rings. The van der Waals surface area contributed by atoms with Crippen LogP contribution in [-0.2, 0) is 0 Å². The minimum Gasteiger partial charge on any atom is -0.302 e. The first-order valence-corrected chi connectivity index (χ1v) is 12.8. The molecule has 0 radical (unpaired) electrons. The van der Waals surface area contributed by atoms with Gasteiger partial charge in [0.15, 0.2) is 0 Å². The van der Waals surface area contributed by atoms with Crippen molar-refractivity contribution in [2.45, 2.75) is 19.3 Å². The van der Waals surface area contributed by atoms with Crippen molar-refractivity contribution in [2.75, 3.05) is 19.6 Å². The van der Waals surface area contributed by atoms with Crippen LogP contribution < -0.4 is 0 Å². The number of rotatable bonds is 7. The highest BCUT2D eigenvalue weighted by Gasteiger charge is 2.18. The largest absolute Gasteiger partial charge is 0.302 e. The van der Waals surface area contributed by atoms with Crippen LogP contribution in [0, 0.1) is 5.82 Å². The zero-order valence-electron chi connectivity index (χ0n) is 20.6. The van der Waals surface area contributed by atoms with E-state index in [1.807, 2.05) is 18.2 Å². The highest BCUT2D eigenvalue weighted by molar-refractivity contribution is 5.82. The minimum atomic E-state index is -0.200. The monoisotopic (exact) mass is 473 g/mol. The predicted octanol–water partition coefficient (Wildman–Crippen LogP) is 8.25. The molecule has 0 N–H and O–H groups in total. The van der Waals surface area contributed by atoms with Crippen molar-refractivity contribution in [3.8, 4) is 0 Å². The molecule has 180 valence electrons. The van der Waals surface area contributed by atoms with E-state index in [1.54, 1.807) is 17.7 Å². The van der Waals surface area contributed by atoms with Crippen molar-refractivity contribution in [3.63, 3.8) is 0 Å². The standard InChI is InChI=1S/C34H32FN/c35-32-20-18-28(19-21-32)33(27-11-4-1-5-12-27)17-10-24-36-25-22-31(23-26-36)34(29-13-6-2-7-14-29)30-15-8-3-9-16-30/h1-9,11-21H,10,22-26H2. The molecule has 1 fully saturated rings. The van der Waals surface area contributed by atoms with Gasteiger partial charge in [0.25, 0.3) is 0 Å². The summed E-state index contributed by atoms with van der Waals surface area (Å²) in [6.07, 6.45) is 5.46. The maximum atomic E-state index is 13.5. The van der Waals surface area contributed by atoms with E-state index >= 15 is 0 Å². The Kier molecular flexibility index (Phi) is 7.85. The minimum absolute atomic E-state index is 0.200. The molecule has 0 aromatic heterocycles.